The molecular weight excluding hydrogens is 384 g/mol. The summed E-state index contributed by atoms with van der Waals surface area (Å²) in [4.78, 5) is 35.4. The summed E-state index contributed by atoms with van der Waals surface area (Å²) in [7, 11) is 0. The number of benzene rings is 2. The maximum Gasteiger partial charge on any atom is 0.344 e. The van der Waals surface area contributed by atoms with Gasteiger partial charge in [-0.3, -0.25) is 9.59 Å². The van der Waals surface area contributed by atoms with Crippen molar-refractivity contribution in [2.45, 2.75) is 46.1 Å². The van der Waals surface area contributed by atoms with E-state index in [4.69, 9.17) is 9.47 Å². The molecule has 2 N–H and O–H groups in total. The number of nitrogens with one attached hydrogen (secondary N) is 2. The largest absolute Gasteiger partial charge is 0.482 e. The number of carbonyl (C=O) groups is 3. The average molecular weight is 412 g/mol. The van der Waals surface area contributed by atoms with E-state index in [0.29, 0.717) is 17.1 Å². The molecule has 2 aromatic rings. The fourth-order valence-corrected chi connectivity index (χ4v) is 2.72. The zero-order chi connectivity index (χ0) is 22.3. The van der Waals surface area contributed by atoms with Gasteiger partial charge in [0, 0.05) is 18.3 Å². The van der Waals surface area contributed by atoms with E-state index in [1.165, 1.54) is 13.8 Å². The van der Waals surface area contributed by atoms with Gasteiger partial charge in [-0.05, 0) is 48.2 Å². The molecule has 2 rings (SSSR count). The number of rotatable bonds is 7. The lowest BCUT2D eigenvalue weighted by Gasteiger charge is -2.22. The minimum Gasteiger partial charge on any atom is -0.482 e. The van der Waals surface area contributed by atoms with Gasteiger partial charge in [0.25, 0.3) is 5.91 Å². The molecule has 160 valence electrons. The van der Waals surface area contributed by atoms with Gasteiger partial charge in [0.1, 0.15) is 5.75 Å². The van der Waals surface area contributed by atoms with Crippen molar-refractivity contribution >= 4 is 29.2 Å². The molecule has 0 saturated heterocycles. The Morgan fingerprint density at radius 1 is 0.933 bits per heavy atom. The second kappa shape index (κ2) is 9.91. The smallest absolute Gasteiger partial charge is 0.344 e. The van der Waals surface area contributed by atoms with Gasteiger partial charge >= 0.3 is 5.97 Å². The van der Waals surface area contributed by atoms with Crippen LogP contribution in [0.3, 0.4) is 0 Å². The van der Waals surface area contributed by atoms with Crippen molar-refractivity contribution in [1.82, 2.24) is 0 Å². The molecule has 0 aliphatic carbocycles. The van der Waals surface area contributed by atoms with Gasteiger partial charge in [-0.25, -0.2) is 4.79 Å². The summed E-state index contributed by atoms with van der Waals surface area (Å²) in [6.07, 6.45) is -0.992. The molecule has 0 fully saturated rings. The van der Waals surface area contributed by atoms with Crippen LogP contribution in [0.1, 0.15) is 40.2 Å². The van der Waals surface area contributed by atoms with E-state index in [0.717, 1.165) is 5.56 Å². The Morgan fingerprint density at radius 3 is 2.07 bits per heavy atom. The van der Waals surface area contributed by atoms with Gasteiger partial charge in [-0.1, -0.05) is 39.0 Å². The van der Waals surface area contributed by atoms with E-state index < -0.39 is 18.0 Å². The lowest BCUT2D eigenvalue weighted by atomic mass is 9.86. The zero-order valence-electron chi connectivity index (χ0n) is 17.9. The minimum absolute atomic E-state index is 0.136. The lowest BCUT2D eigenvalue weighted by Crippen LogP contribution is -2.31. The first-order valence-electron chi connectivity index (χ1n) is 9.66. The maximum atomic E-state index is 12.3. The van der Waals surface area contributed by atoms with Crippen LogP contribution in [0.5, 0.6) is 5.75 Å². The molecule has 0 spiro atoms. The predicted octanol–water partition coefficient (Wildman–Crippen LogP) is 3.89. The van der Waals surface area contributed by atoms with Crippen LogP contribution in [0.4, 0.5) is 11.4 Å². The Labute approximate surface area is 176 Å². The topological polar surface area (TPSA) is 93.7 Å². The molecule has 0 bridgehead atoms. The van der Waals surface area contributed by atoms with Crippen molar-refractivity contribution in [3.63, 3.8) is 0 Å². The van der Waals surface area contributed by atoms with E-state index in [-0.39, 0.29) is 17.9 Å². The first-order valence-corrected chi connectivity index (χ1v) is 9.66. The van der Waals surface area contributed by atoms with Crippen molar-refractivity contribution in [1.29, 1.82) is 0 Å². The van der Waals surface area contributed by atoms with Gasteiger partial charge in [0.05, 0.1) is 0 Å². The maximum absolute atomic E-state index is 12.3. The van der Waals surface area contributed by atoms with Crippen molar-refractivity contribution in [3.8, 4) is 5.75 Å². The van der Waals surface area contributed by atoms with Crippen LogP contribution in [0.2, 0.25) is 0 Å². The number of hydrogen-bond donors (Lipinski definition) is 2. The van der Waals surface area contributed by atoms with Crippen LogP contribution in [0, 0.1) is 0 Å². The van der Waals surface area contributed by atoms with E-state index in [1.54, 1.807) is 30.3 Å². The Bertz CT molecular complexity index is 901. The molecule has 2 aromatic carbocycles. The van der Waals surface area contributed by atoms with E-state index in [9.17, 15) is 14.4 Å². The van der Waals surface area contributed by atoms with Gasteiger partial charge < -0.3 is 20.1 Å². The third kappa shape index (κ3) is 6.92. The molecule has 0 unspecified atom stereocenters. The molecule has 7 heteroatoms. The van der Waals surface area contributed by atoms with Crippen LogP contribution in [-0.2, 0) is 24.5 Å². The molecule has 30 heavy (non-hydrogen) atoms. The molecule has 1 atom stereocenters. The number of ether oxygens (including phenoxy) is 2. The van der Waals surface area contributed by atoms with Crippen LogP contribution in [0.25, 0.3) is 0 Å². The Balaban J connectivity index is 1.87. The fourth-order valence-electron chi connectivity index (χ4n) is 2.72. The van der Waals surface area contributed by atoms with Crippen molar-refractivity contribution < 1.29 is 23.9 Å². The van der Waals surface area contributed by atoms with Crippen LogP contribution >= 0.6 is 0 Å². The normalized spacial score (nSPS) is 11.9. The highest BCUT2D eigenvalue weighted by molar-refractivity contribution is 5.95. The molecule has 0 radical (unpaired) electrons. The third-order valence-electron chi connectivity index (χ3n) is 4.19. The third-order valence-corrected chi connectivity index (χ3v) is 4.19. The van der Waals surface area contributed by atoms with E-state index in [2.05, 4.69) is 31.4 Å². The molecule has 7 nitrogen and oxygen atoms in total. The summed E-state index contributed by atoms with van der Waals surface area (Å²) in [6.45, 7) is 8.78. The van der Waals surface area contributed by atoms with Gasteiger partial charge in [-0.2, -0.15) is 0 Å². The molecule has 0 heterocycles. The summed E-state index contributed by atoms with van der Waals surface area (Å²) in [5.41, 5.74) is 1.98. The number of hydrogen-bond acceptors (Lipinski definition) is 5. The molecule has 0 aliphatic rings. The fraction of sp³-hybridized carbons (Fsp3) is 0.348. The molecule has 0 aromatic heterocycles. The zero-order valence-corrected chi connectivity index (χ0v) is 17.9. The Morgan fingerprint density at radius 2 is 1.50 bits per heavy atom. The van der Waals surface area contributed by atoms with Gasteiger partial charge in [0.2, 0.25) is 5.91 Å². The molecule has 0 aliphatic heterocycles. The van der Waals surface area contributed by atoms with Gasteiger partial charge in [0.15, 0.2) is 12.7 Å². The highest BCUT2D eigenvalue weighted by atomic mass is 16.6. The first-order chi connectivity index (χ1) is 14.1. The average Bonchev–Trinajstić information content (AvgIpc) is 2.67. The highest BCUT2D eigenvalue weighted by Gasteiger charge is 2.21. The number of amides is 2. The molecule has 2 amide bonds. The number of carbonyl (C=O) groups excluding carboxylic acids is 3. The molecule has 0 saturated carbocycles. The predicted molar refractivity (Wildman–Crippen MR) is 116 cm³/mol. The number of esters is 1. The Kier molecular flexibility index (Phi) is 7.58. The summed E-state index contributed by atoms with van der Waals surface area (Å²) in [5, 5.41) is 5.30. The highest BCUT2D eigenvalue weighted by Crippen LogP contribution is 2.30. The van der Waals surface area contributed by atoms with Crippen molar-refractivity contribution in [2.75, 3.05) is 17.2 Å². The standard InChI is InChI=1S/C23H28N2O5/c1-15(22(28)25-18-12-10-17(11-13-18)24-16(2)26)30-21(27)14-29-20-9-7-6-8-19(20)23(3,4)5/h6-13,15H,14H2,1-5H3,(H,24,26)(H,25,28)/t15-/m1/s1. The van der Waals surface area contributed by atoms with E-state index >= 15 is 0 Å². The summed E-state index contributed by atoms with van der Waals surface area (Å²) in [6, 6.07) is 14.1. The Hall–Kier alpha value is -3.35. The van der Waals surface area contributed by atoms with Crippen LogP contribution in [0.15, 0.2) is 48.5 Å². The minimum atomic E-state index is -0.992. The van der Waals surface area contributed by atoms with Crippen molar-refractivity contribution in [3.05, 3.63) is 54.1 Å². The second-order valence-corrected chi connectivity index (χ2v) is 7.91. The lowest BCUT2D eigenvalue weighted by molar-refractivity contribution is -0.155. The number of anilines is 2. The van der Waals surface area contributed by atoms with Crippen LogP contribution < -0.4 is 15.4 Å². The van der Waals surface area contributed by atoms with Crippen LogP contribution in [-0.4, -0.2) is 30.5 Å². The second-order valence-electron chi connectivity index (χ2n) is 7.91. The summed E-state index contributed by atoms with van der Waals surface area (Å²) >= 11 is 0. The monoisotopic (exact) mass is 412 g/mol. The van der Waals surface area contributed by atoms with Gasteiger partial charge in [-0.15, -0.1) is 0 Å². The SMILES string of the molecule is CC(=O)Nc1ccc(NC(=O)[C@@H](C)OC(=O)COc2ccccc2C(C)(C)C)cc1. The molecular formula is C23H28N2O5. The summed E-state index contributed by atoms with van der Waals surface area (Å²) < 4.78 is 10.8. The van der Waals surface area contributed by atoms with E-state index in [1.807, 2.05) is 18.2 Å². The quantitative estimate of drug-likeness (QED) is 0.673. The first kappa shape index (κ1) is 22.9. The number of para-hydroxylation sites is 1. The van der Waals surface area contributed by atoms with Crippen molar-refractivity contribution in [2.24, 2.45) is 0 Å². The summed E-state index contributed by atoms with van der Waals surface area (Å²) in [5.74, 6) is -0.675.